The van der Waals surface area contributed by atoms with Gasteiger partial charge in [-0.2, -0.15) is 0 Å². The maximum Gasteiger partial charge on any atom is 0.254 e. The van der Waals surface area contributed by atoms with Crippen molar-refractivity contribution < 1.29 is 14.3 Å². The van der Waals surface area contributed by atoms with Gasteiger partial charge < -0.3 is 19.7 Å². The number of rotatable bonds is 4. The van der Waals surface area contributed by atoms with Gasteiger partial charge in [0.2, 0.25) is 0 Å². The molecule has 1 N–H and O–H groups in total. The van der Waals surface area contributed by atoms with Crippen molar-refractivity contribution >= 4 is 21.8 Å². The minimum absolute atomic E-state index is 0.0130. The lowest BCUT2D eigenvalue weighted by molar-refractivity contribution is 0.0697. The number of benzene rings is 1. The van der Waals surface area contributed by atoms with Gasteiger partial charge in [-0.25, -0.2) is 0 Å². The molecule has 1 aliphatic heterocycles. The molecule has 0 aromatic heterocycles. The summed E-state index contributed by atoms with van der Waals surface area (Å²) in [6, 6.07) is 3.86. The zero-order valence-corrected chi connectivity index (χ0v) is 14.2. The van der Waals surface area contributed by atoms with Gasteiger partial charge in [-0.15, -0.1) is 0 Å². The van der Waals surface area contributed by atoms with Crippen LogP contribution in [0.3, 0.4) is 0 Å². The monoisotopic (exact) mass is 356 g/mol. The van der Waals surface area contributed by atoms with E-state index in [1.807, 2.05) is 11.9 Å². The number of carbonyl (C=O) groups is 1. The number of hydrogen-bond donors (Lipinski definition) is 1. The maximum absolute atomic E-state index is 12.7. The highest BCUT2D eigenvalue weighted by Crippen LogP contribution is 2.36. The first kappa shape index (κ1) is 16.1. The van der Waals surface area contributed by atoms with Gasteiger partial charge in [0.15, 0.2) is 0 Å². The molecule has 1 aliphatic rings. The smallest absolute Gasteiger partial charge is 0.254 e. The van der Waals surface area contributed by atoms with Crippen molar-refractivity contribution in [1.82, 2.24) is 10.2 Å². The van der Waals surface area contributed by atoms with Crippen molar-refractivity contribution in [2.75, 3.05) is 34.4 Å². The Hall–Kier alpha value is -1.27. The number of carbonyl (C=O) groups excluding carboxylic acids is 1. The molecule has 0 unspecified atom stereocenters. The van der Waals surface area contributed by atoms with Crippen LogP contribution in [0.5, 0.6) is 11.5 Å². The number of methoxy groups -OCH3 is 2. The molecule has 1 amide bonds. The minimum atomic E-state index is 0.0130. The van der Waals surface area contributed by atoms with Crippen LogP contribution in [0.1, 0.15) is 23.2 Å². The molecule has 1 fully saturated rings. The molecule has 0 bridgehead atoms. The van der Waals surface area contributed by atoms with Gasteiger partial charge in [0.1, 0.15) is 16.0 Å². The van der Waals surface area contributed by atoms with Gasteiger partial charge in [0.05, 0.1) is 14.2 Å². The van der Waals surface area contributed by atoms with E-state index >= 15 is 0 Å². The van der Waals surface area contributed by atoms with E-state index in [9.17, 15) is 4.79 Å². The summed E-state index contributed by atoms with van der Waals surface area (Å²) in [5.74, 6) is 1.21. The van der Waals surface area contributed by atoms with Crippen LogP contribution in [0, 0.1) is 0 Å². The van der Waals surface area contributed by atoms with Crippen molar-refractivity contribution in [3.63, 3.8) is 0 Å². The van der Waals surface area contributed by atoms with Gasteiger partial charge in [-0.3, -0.25) is 4.79 Å². The summed E-state index contributed by atoms with van der Waals surface area (Å²) >= 11 is 3.42. The predicted octanol–water partition coefficient (Wildman–Crippen LogP) is 2.29. The Morgan fingerprint density at radius 2 is 1.95 bits per heavy atom. The van der Waals surface area contributed by atoms with E-state index in [0.717, 1.165) is 30.4 Å². The Balaban J connectivity index is 2.26. The molecule has 1 aromatic carbocycles. The Morgan fingerprint density at radius 3 is 2.48 bits per heavy atom. The van der Waals surface area contributed by atoms with E-state index in [1.165, 1.54) is 0 Å². The molecule has 0 radical (unpaired) electrons. The van der Waals surface area contributed by atoms with Gasteiger partial charge >= 0.3 is 0 Å². The largest absolute Gasteiger partial charge is 0.495 e. The molecule has 0 saturated carbocycles. The highest BCUT2D eigenvalue weighted by Gasteiger charge is 2.25. The molecular weight excluding hydrogens is 336 g/mol. The average Bonchev–Trinajstić information content (AvgIpc) is 2.54. The molecule has 0 spiro atoms. The first-order chi connectivity index (χ1) is 10.1. The van der Waals surface area contributed by atoms with Crippen LogP contribution in [-0.4, -0.2) is 51.2 Å². The fourth-order valence-corrected chi connectivity index (χ4v) is 3.13. The lowest BCUT2D eigenvalue weighted by Gasteiger charge is -2.32. The summed E-state index contributed by atoms with van der Waals surface area (Å²) in [6.07, 6.45) is 2.12. The quantitative estimate of drug-likeness (QED) is 0.899. The average molecular weight is 357 g/mol. The fourth-order valence-electron chi connectivity index (χ4n) is 2.57. The van der Waals surface area contributed by atoms with Crippen LogP contribution in [0.25, 0.3) is 0 Å². The molecule has 116 valence electrons. The second-order valence-electron chi connectivity index (χ2n) is 5.07. The molecule has 1 atom stereocenters. The third-order valence-electron chi connectivity index (χ3n) is 3.81. The third kappa shape index (κ3) is 3.49. The lowest BCUT2D eigenvalue weighted by atomic mass is 10.0. The van der Waals surface area contributed by atoms with E-state index < -0.39 is 0 Å². The van der Waals surface area contributed by atoms with E-state index in [2.05, 4.69) is 21.2 Å². The lowest BCUT2D eigenvalue weighted by Crippen LogP contribution is -2.46. The second kappa shape index (κ2) is 7.13. The van der Waals surface area contributed by atoms with Crippen LogP contribution >= 0.6 is 15.9 Å². The number of likely N-dealkylation sites (N-methyl/N-ethyl adjacent to an activating group) is 1. The number of halogens is 1. The summed E-state index contributed by atoms with van der Waals surface area (Å²) < 4.78 is 11.3. The molecular formula is C15H21BrN2O3. The van der Waals surface area contributed by atoms with Gasteiger partial charge in [-0.1, -0.05) is 0 Å². The van der Waals surface area contributed by atoms with Crippen molar-refractivity contribution in [3.8, 4) is 11.5 Å². The SMILES string of the molecule is CN[C@H]1CCCN(C(=O)c2cc(OC)c(Br)c(OC)c2)C1. The Labute approximate surface area is 133 Å². The van der Waals surface area contributed by atoms with E-state index in [-0.39, 0.29) is 5.91 Å². The number of nitrogens with zero attached hydrogens (tertiary/aromatic N) is 1. The second-order valence-corrected chi connectivity index (χ2v) is 5.87. The summed E-state index contributed by atoms with van der Waals surface area (Å²) in [7, 11) is 5.09. The molecule has 6 heteroatoms. The standard InChI is InChI=1S/C15H21BrN2O3/c1-17-11-5-4-6-18(9-11)15(19)10-7-12(20-2)14(16)13(8-10)21-3/h7-8,11,17H,4-6,9H2,1-3H3/t11-/m0/s1. The molecule has 1 aromatic rings. The zero-order valence-electron chi connectivity index (χ0n) is 12.6. The normalized spacial score (nSPS) is 18.5. The zero-order chi connectivity index (χ0) is 15.4. The van der Waals surface area contributed by atoms with Crippen molar-refractivity contribution in [3.05, 3.63) is 22.2 Å². The first-order valence-corrected chi connectivity index (χ1v) is 7.78. The number of amides is 1. The molecule has 0 aliphatic carbocycles. The predicted molar refractivity (Wildman–Crippen MR) is 85.2 cm³/mol. The van der Waals surface area contributed by atoms with E-state index in [0.29, 0.717) is 23.1 Å². The topological polar surface area (TPSA) is 50.8 Å². The third-order valence-corrected chi connectivity index (χ3v) is 4.59. The Morgan fingerprint density at radius 1 is 1.33 bits per heavy atom. The number of likely N-dealkylation sites (tertiary alicyclic amines) is 1. The van der Waals surface area contributed by atoms with Gasteiger partial charge in [0, 0.05) is 24.7 Å². The molecule has 1 saturated heterocycles. The Bertz CT molecular complexity index is 497. The maximum atomic E-state index is 12.7. The Kier molecular flexibility index (Phi) is 5.47. The van der Waals surface area contributed by atoms with Crippen LogP contribution < -0.4 is 14.8 Å². The summed E-state index contributed by atoms with van der Waals surface area (Å²) in [6.45, 7) is 1.52. The van der Waals surface area contributed by atoms with Gasteiger partial charge in [-0.05, 0) is 48.0 Å². The fraction of sp³-hybridized carbons (Fsp3) is 0.533. The number of hydrogen-bond acceptors (Lipinski definition) is 4. The highest BCUT2D eigenvalue weighted by molar-refractivity contribution is 9.10. The number of ether oxygens (including phenoxy) is 2. The van der Waals surface area contributed by atoms with Crippen molar-refractivity contribution in [2.45, 2.75) is 18.9 Å². The first-order valence-electron chi connectivity index (χ1n) is 6.98. The van der Waals surface area contributed by atoms with Crippen LogP contribution in [0.15, 0.2) is 16.6 Å². The molecule has 1 heterocycles. The molecule has 2 rings (SSSR count). The van der Waals surface area contributed by atoms with E-state index in [1.54, 1.807) is 26.4 Å². The van der Waals surface area contributed by atoms with Crippen LogP contribution in [0.4, 0.5) is 0 Å². The molecule has 5 nitrogen and oxygen atoms in total. The van der Waals surface area contributed by atoms with Crippen molar-refractivity contribution in [2.24, 2.45) is 0 Å². The summed E-state index contributed by atoms with van der Waals surface area (Å²) in [5.41, 5.74) is 0.587. The van der Waals surface area contributed by atoms with Crippen LogP contribution in [-0.2, 0) is 0 Å². The number of piperidine rings is 1. The van der Waals surface area contributed by atoms with Gasteiger partial charge in [0.25, 0.3) is 5.91 Å². The van der Waals surface area contributed by atoms with Crippen LogP contribution in [0.2, 0.25) is 0 Å². The molecule has 21 heavy (non-hydrogen) atoms. The summed E-state index contributed by atoms with van der Waals surface area (Å²) in [4.78, 5) is 14.6. The minimum Gasteiger partial charge on any atom is -0.495 e. The number of nitrogens with one attached hydrogen (secondary N) is 1. The summed E-state index contributed by atoms with van der Waals surface area (Å²) in [5, 5.41) is 3.24. The van der Waals surface area contributed by atoms with Crippen molar-refractivity contribution in [1.29, 1.82) is 0 Å². The highest BCUT2D eigenvalue weighted by atomic mass is 79.9. The van der Waals surface area contributed by atoms with E-state index in [4.69, 9.17) is 9.47 Å².